The first kappa shape index (κ1) is 22.8. The van der Waals surface area contributed by atoms with Crippen molar-refractivity contribution in [3.63, 3.8) is 0 Å². The second-order valence-electron chi connectivity index (χ2n) is 9.43. The predicted octanol–water partition coefficient (Wildman–Crippen LogP) is 4.55. The van der Waals surface area contributed by atoms with Crippen LogP contribution in [-0.2, 0) is 4.79 Å². The summed E-state index contributed by atoms with van der Waals surface area (Å²) in [6.45, 7) is 7.22. The Bertz CT molecular complexity index is 1380. The summed E-state index contributed by atoms with van der Waals surface area (Å²) >= 11 is 0. The number of rotatable bonds is 5. The molecule has 8 heteroatoms. The van der Waals surface area contributed by atoms with E-state index in [1.165, 1.54) is 0 Å². The summed E-state index contributed by atoms with van der Waals surface area (Å²) in [7, 11) is 0. The van der Waals surface area contributed by atoms with Crippen molar-refractivity contribution >= 4 is 28.5 Å². The van der Waals surface area contributed by atoms with Gasteiger partial charge in [-0.2, -0.15) is 5.10 Å². The zero-order valence-electron chi connectivity index (χ0n) is 20.3. The van der Waals surface area contributed by atoms with Crippen LogP contribution in [0.3, 0.4) is 0 Å². The largest absolute Gasteiger partial charge is 0.342 e. The van der Waals surface area contributed by atoms with Crippen LogP contribution in [0, 0.1) is 26.7 Å². The number of piperidine rings is 1. The first-order chi connectivity index (χ1) is 16.9. The van der Waals surface area contributed by atoms with Gasteiger partial charge in [-0.1, -0.05) is 0 Å². The van der Waals surface area contributed by atoms with Crippen molar-refractivity contribution in [1.82, 2.24) is 24.6 Å². The maximum Gasteiger partial charge on any atom is 0.253 e. The van der Waals surface area contributed by atoms with Crippen molar-refractivity contribution in [3.05, 3.63) is 71.3 Å². The van der Waals surface area contributed by atoms with Gasteiger partial charge in [-0.05, 0) is 88.1 Å². The molecule has 4 aromatic rings. The number of anilines is 1. The van der Waals surface area contributed by atoms with Crippen LogP contribution in [0.25, 0.3) is 16.7 Å². The van der Waals surface area contributed by atoms with E-state index in [4.69, 9.17) is 0 Å². The third kappa shape index (κ3) is 4.96. The van der Waals surface area contributed by atoms with Gasteiger partial charge in [0.2, 0.25) is 5.91 Å². The molecule has 1 fully saturated rings. The summed E-state index contributed by atoms with van der Waals surface area (Å²) < 4.78 is 1.88. The maximum atomic E-state index is 13.0. The minimum atomic E-state index is 0.00473. The molecule has 2 aromatic heterocycles. The summed E-state index contributed by atoms with van der Waals surface area (Å²) in [5.41, 5.74) is 6.21. The Labute approximate surface area is 204 Å². The van der Waals surface area contributed by atoms with E-state index >= 15 is 0 Å². The fraction of sp³-hybridized carbons (Fsp3) is 0.333. The van der Waals surface area contributed by atoms with Gasteiger partial charge in [0.25, 0.3) is 5.91 Å². The standard InChI is InChI=1S/C27H30N6O2/c1-17-14-18(2)33(31-17)23-7-4-21(5-8-23)27(35)32-12-10-20(11-13-32)15-26(34)30-22-6-9-24-25(16-22)29-19(3)28-24/h4-9,14,16,20H,10-13,15H2,1-3H3,(H,28,29)(H,30,34). The zero-order chi connectivity index (χ0) is 24.5. The van der Waals surface area contributed by atoms with Gasteiger partial charge in [0, 0.05) is 36.5 Å². The molecular weight excluding hydrogens is 440 g/mol. The SMILES string of the molecule is Cc1cc(C)n(-c2ccc(C(=O)N3CCC(CC(=O)Nc4ccc5nc(C)[nH]c5c4)CC3)cc2)n1. The second-order valence-corrected chi connectivity index (χ2v) is 9.43. The van der Waals surface area contributed by atoms with E-state index in [2.05, 4.69) is 20.4 Å². The van der Waals surface area contributed by atoms with Gasteiger partial charge in [-0.15, -0.1) is 0 Å². The number of carbonyl (C=O) groups excluding carboxylic acids is 2. The van der Waals surface area contributed by atoms with Gasteiger partial charge < -0.3 is 15.2 Å². The quantitative estimate of drug-likeness (QED) is 0.447. The summed E-state index contributed by atoms with van der Waals surface area (Å²) in [4.78, 5) is 35.1. The van der Waals surface area contributed by atoms with Crippen LogP contribution in [0.2, 0.25) is 0 Å². The molecule has 35 heavy (non-hydrogen) atoms. The molecular formula is C27H30N6O2. The smallest absolute Gasteiger partial charge is 0.253 e. The summed E-state index contributed by atoms with van der Waals surface area (Å²) in [5.74, 6) is 1.16. The van der Waals surface area contributed by atoms with E-state index in [1.807, 2.05) is 78.9 Å². The Kier molecular flexibility index (Phi) is 6.11. The van der Waals surface area contributed by atoms with Crippen LogP contribution in [0.4, 0.5) is 5.69 Å². The van der Waals surface area contributed by atoms with Crippen LogP contribution in [0.1, 0.15) is 46.8 Å². The fourth-order valence-electron chi connectivity index (χ4n) is 4.85. The predicted molar refractivity (Wildman–Crippen MR) is 136 cm³/mol. The molecule has 0 atom stereocenters. The van der Waals surface area contributed by atoms with Gasteiger partial charge >= 0.3 is 0 Å². The van der Waals surface area contributed by atoms with E-state index in [0.29, 0.717) is 25.1 Å². The van der Waals surface area contributed by atoms with E-state index in [1.54, 1.807) is 0 Å². The zero-order valence-corrected chi connectivity index (χ0v) is 20.3. The molecule has 2 N–H and O–H groups in total. The van der Waals surface area contributed by atoms with Crippen molar-refractivity contribution < 1.29 is 9.59 Å². The van der Waals surface area contributed by atoms with Crippen molar-refractivity contribution in [2.45, 2.75) is 40.0 Å². The van der Waals surface area contributed by atoms with Crippen LogP contribution < -0.4 is 5.32 Å². The average Bonchev–Trinajstić information content (AvgIpc) is 3.38. The molecule has 0 radical (unpaired) electrons. The lowest BCUT2D eigenvalue weighted by atomic mass is 9.92. The van der Waals surface area contributed by atoms with E-state index < -0.39 is 0 Å². The van der Waals surface area contributed by atoms with Gasteiger partial charge in [-0.25, -0.2) is 9.67 Å². The number of likely N-dealkylation sites (tertiary alicyclic amines) is 1. The first-order valence-corrected chi connectivity index (χ1v) is 12.0. The van der Waals surface area contributed by atoms with Crippen molar-refractivity contribution in [3.8, 4) is 5.69 Å². The minimum absolute atomic E-state index is 0.00473. The second kappa shape index (κ2) is 9.37. The Morgan fingerprint density at radius 2 is 1.77 bits per heavy atom. The molecule has 180 valence electrons. The molecule has 0 unspecified atom stereocenters. The Morgan fingerprint density at radius 3 is 2.46 bits per heavy atom. The average molecular weight is 471 g/mol. The number of aromatic amines is 1. The molecule has 0 saturated carbocycles. The molecule has 5 rings (SSSR count). The van der Waals surface area contributed by atoms with Crippen molar-refractivity contribution in [1.29, 1.82) is 0 Å². The summed E-state index contributed by atoms with van der Waals surface area (Å²) in [5, 5.41) is 7.50. The van der Waals surface area contributed by atoms with Crippen LogP contribution in [-0.4, -0.2) is 49.6 Å². The Hall–Kier alpha value is -3.94. The Balaban J connectivity index is 1.13. The number of nitrogens with zero attached hydrogens (tertiary/aromatic N) is 4. The molecule has 1 aliphatic heterocycles. The van der Waals surface area contributed by atoms with Crippen LogP contribution >= 0.6 is 0 Å². The lowest BCUT2D eigenvalue weighted by molar-refractivity contribution is -0.117. The van der Waals surface area contributed by atoms with Crippen molar-refractivity contribution in [2.24, 2.45) is 5.92 Å². The van der Waals surface area contributed by atoms with Crippen LogP contribution in [0.15, 0.2) is 48.5 Å². The molecule has 0 bridgehead atoms. The number of aryl methyl sites for hydroxylation is 3. The number of benzene rings is 2. The maximum absolute atomic E-state index is 13.0. The highest BCUT2D eigenvalue weighted by Crippen LogP contribution is 2.24. The third-order valence-corrected chi connectivity index (χ3v) is 6.63. The van der Waals surface area contributed by atoms with E-state index in [0.717, 1.165) is 52.5 Å². The highest BCUT2D eigenvalue weighted by Gasteiger charge is 2.25. The summed E-state index contributed by atoms with van der Waals surface area (Å²) in [6, 6.07) is 15.3. The van der Waals surface area contributed by atoms with Crippen molar-refractivity contribution in [2.75, 3.05) is 18.4 Å². The lowest BCUT2D eigenvalue weighted by Gasteiger charge is -2.32. The number of fused-ring (bicyclic) bond motifs is 1. The molecule has 0 aliphatic carbocycles. The van der Waals surface area contributed by atoms with E-state index in [-0.39, 0.29) is 17.7 Å². The number of aromatic nitrogens is 4. The highest BCUT2D eigenvalue weighted by atomic mass is 16.2. The Morgan fingerprint density at radius 1 is 1.03 bits per heavy atom. The van der Waals surface area contributed by atoms with Gasteiger partial charge in [0.1, 0.15) is 5.82 Å². The highest BCUT2D eigenvalue weighted by molar-refractivity contribution is 5.95. The molecule has 8 nitrogen and oxygen atoms in total. The van der Waals surface area contributed by atoms with Gasteiger partial charge in [0.15, 0.2) is 0 Å². The molecule has 3 heterocycles. The number of carbonyl (C=O) groups is 2. The normalized spacial score (nSPS) is 14.4. The number of imidazole rings is 1. The molecule has 2 amide bonds. The van der Waals surface area contributed by atoms with Gasteiger partial charge in [-0.3, -0.25) is 9.59 Å². The number of hydrogen-bond donors (Lipinski definition) is 2. The first-order valence-electron chi connectivity index (χ1n) is 12.0. The molecule has 1 saturated heterocycles. The monoisotopic (exact) mass is 470 g/mol. The number of hydrogen-bond acceptors (Lipinski definition) is 4. The van der Waals surface area contributed by atoms with Crippen LogP contribution in [0.5, 0.6) is 0 Å². The number of nitrogens with one attached hydrogen (secondary N) is 2. The number of amides is 2. The molecule has 0 spiro atoms. The van der Waals surface area contributed by atoms with Gasteiger partial charge in [0.05, 0.1) is 22.4 Å². The topological polar surface area (TPSA) is 95.9 Å². The fourth-order valence-corrected chi connectivity index (χ4v) is 4.85. The molecule has 2 aromatic carbocycles. The van der Waals surface area contributed by atoms with E-state index in [9.17, 15) is 9.59 Å². The summed E-state index contributed by atoms with van der Waals surface area (Å²) in [6.07, 6.45) is 2.10. The lowest BCUT2D eigenvalue weighted by Crippen LogP contribution is -2.39. The minimum Gasteiger partial charge on any atom is -0.342 e. The number of H-pyrrole nitrogens is 1. The molecule has 1 aliphatic rings. The third-order valence-electron chi connectivity index (χ3n) is 6.63.